The Morgan fingerprint density at radius 2 is 2.30 bits per heavy atom. The third-order valence-electron chi connectivity index (χ3n) is 3.53. The van der Waals surface area contributed by atoms with Crippen LogP contribution < -0.4 is 5.32 Å². The van der Waals surface area contributed by atoms with Crippen LogP contribution in [0.5, 0.6) is 5.75 Å². The summed E-state index contributed by atoms with van der Waals surface area (Å²) in [5.41, 5.74) is 3.02. The molecule has 0 saturated carbocycles. The topological polar surface area (TPSA) is 49.3 Å². The van der Waals surface area contributed by atoms with E-state index in [0.717, 1.165) is 29.5 Å². The van der Waals surface area contributed by atoms with Crippen LogP contribution in [0.25, 0.3) is 6.08 Å². The number of phenols is 1. The summed E-state index contributed by atoms with van der Waals surface area (Å²) in [4.78, 5) is 11.9. The number of rotatable bonds is 3. The van der Waals surface area contributed by atoms with Crippen LogP contribution >= 0.6 is 11.3 Å². The minimum atomic E-state index is -0.0996. The van der Waals surface area contributed by atoms with E-state index < -0.39 is 0 Å². The van der Waals surface area contributed by atoms with Gasteiger partial charge in [0, 0.05) is 6.08 Å². The summed E-state index contributed by atoms with van der Waals surface area (Å²) < 4.78 is 0. The van der Waals surface area contributed by atoms with E-state index in [1.165, 1.54) is 0 Å². The number of thiophene rings is 1. The monoisotopic (exact) mass is 285 g/mol. The van der Waals surface area contributed by atoms with Crippen LogP contribution in [0.2, 0.25) is 0 Å². The number of fused-ring (bicyclic) bond motifs is 1. The molecule has 2 N–H and O–H groups in total. The largest absolute Gasteiger partial charge is 0.508 e. The first-order valence-electron chi connectivity index (χ1n) is 6.55. The first kappa shape index (κ1) is 12.9. The number of carbonyl (C=O) groups excluding carboxylic acids is 1. The van der Waals surface area contributed by atoms with Crippen molar-refractivity contribution in [1.82, 2.24) is 5.32 Å². The number of nitrogens with one attached hydrogen (secondary N) is 1. The molecule has 102 valence electrons. The zero-order valence-electron chi connectivity index (χ0n) is 10.9. The van der Waals surface area contributed by atoms with Crippen molar-refractivity contribution in [3.05, 3.63) is 57.8 Å². The first-order valence-corrected chi connectivity index (χ1v) is 7.50. The number of hydrogen-bond acceptors (Lipinski definition) is 3. The van der Waals surface area contributed by atoms with E-state index in [0.29, 0.717) is 5.75 Å². The summed E-state index contributed by atoms with van der Waals surface area (Å²) in [5, 5.41) is 16.7. The van der Waals surface area contributed by atoms with E-state index >= 15 is 0 Å². The van der Waals surface area contributed by atoms with Crippen molar-refractivity contribution >= 4 is 23.3 Å². The van der Waals surface area contributed by atoms with Gasteiger partial charge in [0.05, 0.1) is 6.04 Å². The standard InChI is InChI=1S/C16H15NO2S/c18-15-3-1-2-12-13(15)5-6-14(12)17-16(19)7-4-11-8-9-20-10-11/h1-4,7-10,14,18H,5-6H2,(H,17,19)/b7-4+. The highest BCUT2D eigenvalue weighted by atomic mass is 32.1. The number of hydrogen-bond donors (Lipinski definition) is 2. The lowest BCUT2D eigenvalue weighted by atomic mass is 10.1. The summed E-state index contributed by atoms with van der Waals surface area (Å²) >= 11 is 1.61. The predicted octanol–water partition coefficient (Wildman–Crippen LogP) is 3.27. The Hall–Kier alpha value is -2.07. The average molecular weight is 285 g/mol. The molecule has 1 aliphatic carbocycles. The van der Waals surface area contributed by atoms with Gasteiger partial charge in [-0.05, 0) is 58.5 Å². The van der Waals surface area contributed by atoms with Gasteiger partial charge in [-0.2, -0.15) is 11.3 Å². The Morgan fingerprint density at radius 3 is 3.10 bits per heavy atom. The normalized spacial score (nSPS) is 17.3. The molecule has 0 bridgehead atoms. The van der Waals surface area contributed by atoms with E-state index in [1.54, 1.807) is 23.5 Å². The molecule has 1 amide bonds. The molecule has 0 fully saturated rings. The van der Waals surface area contributed by atoms with Crippen LogP contribution in [0.1, 0.15) is 29.2 Å². The summed E-state index contributed by atoms with van der Waals surface area (Å²) in [5.74, 6) is 0.227. The van der Waals surface area contributed by atoms with Crippen LogP contribution in [-0.2, 0) is 11.2 Å². The second kappa shape index (κ2) is 5.51. The molecule has 3 nitrogen and oxygen atoms in total. The maximum atomic E-state index is 11.9. The number of carbonyl (C=O) groups is 1. The third-order valence-corrected chi connectivity index (χ3v) is 4.23. The highest BCUT2D eigenvalue weighted by Crippen LogP contribution is 2.36. The van der Waals surface area contributed by atoms with Gasteiger partial charge < -0.3 is 10.4 Å². The van der Waals surface area contributed by atoms with E-state index in [-0.39, 0.29) is 11.9 Å². The van der Waals surface area contributed by atoms with E-state index in [2.05, 4.69) is 5.32 Å². The fourth-order valence-corrected chi connectivity index (χ4v) is 3.18. The van der Waals surface area contributed by atoms with Crippen LogP contribution in [0.4, 0.5) is 0 Å². The molecule has 0 spiro atoms. The van der Waals surface area contributed by atoms with Gasteiger partial charge in [-0.15, -0.1) is 0 Å². The first-order chi connectivity index (χ1) is 9.74. The maximum Gasteiger partial charge on any atom is 0.244 e. The maximum absolute atomic E-state index is 11.9. The zero-order valence-corrected chi connectivity index (χ0v) is 11.7. The van der Waals surface area contributed by atoms with Crippen LogP contribution in [0.3, 0.4) is 0 Å². The van der Waals surface area contributed by atoms with Crippen molar-refractivity contribution in [2.75, 3.05) is 0 Å². The Labute approximate surface area is 121 Å². The molecule has 2 aromatic rings. The molecule has 1 unspecified atom stereocenters. The zero-order chi connectivity index (χ0) is 13.9. The lowest BCUT2D eigenvalue weighted by Crippen LogP contribution is -2.25. The Morgan fingerprint density at radius 1 is 1.40 bits per heavy atom. The molecule has 1 heterocycles. The Bertz CT molecular complexity index is 647. The second-order valence-corrected chi connectivity index (χ2v) is 5.61. The second-order valence-electron chi connectivity index (χ2n) is 4.83. The van der Waals surface area contributed by atoms with Crippen molar-refractivity contribution in [2.24, 2.45) is 0 Å². The van der Waals surface area contributed by atoms with Crippen molar-refractivity contribution in [2.45, 2.75) is 18.9 Å². The molecule has 3 rings (SSSR count). The fourth-order valence-electron chi connectivity index (χ4n) is 2.55. The van der Waals surface area contributed by atoms with Crippen molar-refractivity contribution < 1.29 is 9.90 Å². The molecule has 0 aliphatic heterocycles. The van der Waals surface area contributed by atoms with Crippen molar-refractivity contribution in [3.63, 3.8) is 0 Å². The van der Waals surface area contributed by atoms with Gasteiger partial charge in [0.25, 0.3) is 0 Å². The molecule has 1 atom stereocenters. The van der Waals surface area contributed by atoms with Crippen LogP contribution in [-0.4, -0.2) is 11.0 Å². The molecular formula is C16H15NO2S. The van der Waals surface area contributed by atoms with Crippen LogP contribution in [0, 0.1) is 0 Å². The van der Waals surface area contributed by atoms with Crippen LogP contribution in [0.15, 0.2) is 41.1 Å². The van der Waals surface area contributed by atoms with E-state index in [9.17, 15) is 9.90 Å². The highest BCUT2D eigenvalue weighted by molar-refractivity contribution is 7.08. The van der Waals surface area contributed by atoms with Crippen molar-refractivity contribution in [1.29, 1.82) is 0 Å². The summed E-state index contributed by atoms with van der Waals surface area (Å²) in [6.07, 6.45) is 5.01. The Balaban J connectivity index is 1.68. The summed E-state index contributed by atoms with van der Waals surface area (Å²) in [6.45, 7) is 0. The quantitative estimate of drug-likeness (QED) is 0.850. The molecule has 1 aromatic carbocycles. The van der Waals surface area contributed by atoms with Gasteiger partial charge in [-0.1, -0.05) is 12.1 Å². The molecule has 0 saturated heterocycles. The predicted molar refractivity (Wildman–Crippen MR) is 80.7 cm³/mol. The van der Waals surface area contributed by atoms with Crippen molar-refractivity contribution in [3.8, 4) is 5.75 Å². The number of benzene rings is 1. The van der Waals surface area contributed by atoms with Gasteiger partial charge in [-0.3, -0.25) is 4.79 Å². The number of amides is 1. The molecular weight excluding hydrogens is 270 g/mol. The highest BCUT2D eigenvalue weighted by Gasteiger charge is 2.25. The number of aromatic hydroxyl groups is 1. The lowest BCUT2D eigenvalue weighted by Gasteiger charge is -2.12. The molecule has 4 heteroatoms. The van der Waals surface area contributed by atoms with Gasteiger partial charge in [-0.25, -0.2) is 0 Å². The molecule has 1 aliphatic rings. The summed E-state index contributed by atoms with van der Waals surface area (Å²) in [7, 11) is 0. The molecule has 1 aromatic heterocycles. The minimum absolute atomic E-state index is 0.00303. The fraction of sp³-hybridized carbons (Fsp3) is 0.188. The van der Waals surface area contributed by atoms with Gasteiger partial charge in [0.1, 0.15) is 5.75 Å². The van der Waals surface area contributed by atoms with Gasteiger partial charge >= 0.3 is 0 Å². The summed E-state index contributed by atoms with van der Waals surface area (Å²) in [6, 6.07) is 7.45. The molecule has 0 radical (unpaired) electrons. The third kappa shape index (κ3) is 2.60. The SMILES string of the molecule is O=C(/C=C/c1ccsc1)NC1CCc2c(O)cccc21. The molecule has 20 heavy (non-hydrogen) atoms. The lowest BCUT2D eigenvalue weighted by molar-refractivity contribution is -0.117. The van der Waals surface area contributed by atoms with E-state index in [4.69, 9.17) is 0 Å². The van der Waals surface area contributed by atoms with Gasteiger partial charge in [0.15, 0.2) is 0 Å². The smallest absolute Gasteiger partial charge is 0.244 e. The Kier molecular flexibility index (Phi) is 3.56. The van der Waals surface area contributed by atoms with Gasteiger partial charge in [0.2, 0.25) is 5.91 Å². The minimum Gasteiger partial charge on any atom is -0.508 e. The average Bonchev–Trinajstić information content (AvgIpc) is 3.07. The number of phenolic OH excluding ortho intramolecular Hbond substituents is 1. The van der Waals surface area contributed by atoms with E-state index in [1.807, 2.05) is 35.0 Å².